The molecule has 0 radical (unpaired) electrons. The summed E-state index contributed by atoms with van der Waals surface area (Å²) in [7, 11) is 1.59. The van der Waals surface area contributed by atoms with Gasteiger partial charge in [-0.15, -0.1) is 0 Å². The van der Waals surface area contributed by atoms with Crippen LogP contribution < -0.4 is 5.32 Å². The van der Waals surface area contributed by atoms with Crippen molar-refractivity contribution in [1.82, 2.24) is 9.78 Å². The monoisotopic (exact) mass is 251 g/mol. The van der Waals surface area contributed by atoms with Gasteiger partial charge in [-0.1, -0.05) is 0 Å². The second-order valence-electron chi connectivity index (χ2n) is 4.98. The van der Waals surface area contributed by atoms with Crippen LogP contribution in [-0.2, 0) is 9.53 Å². The Labute approximate surface area is 108 Å². The minimum atomic E-state index is -0.0269. The number of aromatic nitrogens is 2. The van der Waals surface area contributed by atoms with E-state index in [0.29, 0.717) is 25.0 Å². The average Bonchev–Trinajstić information content (AvgIpc) is 3.11. The molecule has 1 N–H and O–H groups in total. The van der Waals surface area contributed by atoms with E-state index in [2.05, 4.69) is 17.3 Å². The molecule has 1 heterocycles. The second kappa shape index (κ2) is 5.52. The van der Waals surface area contributed by atoms with E-state index >= 15 is 0 Å². The molecule has 1 aromatic rings. The first-order valence-electron chi connectivity index (χ1n) is 6.46. The zero-order valence-corrected chi connectivity index (χ0v) is 11.3. The van der Waals surface area contributed by atoms with E-state index in [4.69, 9.17) is 4.74 Å². The third-order valence-electron chi connectivity index (χ3n) is 3.35. The molecule has 0 bridgehead atoms. The molecule has 1 saturated carbocycles. The summed E-state index contributed by atoms with van der Waals surface area (Å²) >= 11 is 0. The number of amides is 1. The molecule has 5 nitrogen and oxygen atoms in total. The maximum atomic E-state index is 11.7. The summed E-state index contributed by atoms with van der Waals surface area (Å²) in [6.45, 7) is 4.55. The summed E-state index contributed by atoms with van der Waals surface area (Å²) in [6.07, 6.45) is 2.90. The summed E-state index contributed by atoms with van der Waals surface area (Å²) in [6, 6.07) is 2.28. The third-order valence-corrected chi connectivity index (χ3v) is 3.35. The van der Waals surface area contributed by atoms with E-state index in [1.54, 1.807) is 7.11 Å². The highest BCUT2D eigenvalue weighted by Gasteiger charge is 2.31. The molecule has 1 aliphatic rings. The summed E-state index contributed by atoms with van der Waals surface area (Å²) in [5.41, 5.74) is 0.935. The first-order valence-corrected chi connectivity index (χ1v) is 6.46. The molecule has 1 fully saturated rings. The minimum absolute atomic E-state index is 0.0269. The lowest BCUT2D eigenvalue weighted by Crippen LogP contribution is -2.19. The summed E-state index contributed by atoms with van der Waals surface area (Å²) < 4.78 is 6.84. The number of nitrogens with one attached hydrogen (secondary N) is 1. The van der Waals surface area contributed by atoms with Crippen LogP contribution in [0.25, 0.3) is 0 Å². The van der Waals surface area contributed by atoms with Crippen LogP contribution in [0.2, 0.25) is 0 Å². The Hall–Kier alpha value is -1.36. The van der Waals surface area contributed by atoms with Crippen molar-refractivity contribution in [3.8, 4) is 0 Å². The predicted molar refractivity (Wildman–Crippen MR) is 69.5 cm³/mol. The molecule has 0 spiro atoms. The Morgan fingerprint density at radius 3 is 3.00 bits per heavy atom. The smallest absolute Gasteiger partial charge is 0.227 e. The fourth-order valence-electron chi connectivity index (χ4n) is 2.10. The Bertz CT molecular complexity index is 424. The van der Waals surface area contributed by atoms with Gasteiger partial charge in [0.2, 0.25) is 5.91 Å². The van der Waals surface area contributed by atoms with Gasteiger partial charge in [-0.05, 0) is 32.6 Å². The predicted octanol–water partition coefficient (Wildman–Crippen LogP) is 2.14. The van der Waals surface area contributed by atoms with Crippen LogP contribution in [0.4, 0.5) is 5.82 Å². The van der Waals surface area contributed by atoms with Crippen LogP contribution >= 0.6 is 0 Å². The fourth-order valence-corrected chi connectivity index (χ4v) is 2.10. The molecule has 0 aromatic carbocycles. The molecule has 1 aliphatic carbocycles. The third kappa shape index (κ3) is 3.10. The van der Waals surface area contributed by atoms with Gasteiger partial charge in [-0.25, -0.2) is 4.68 Å². The zero-order valence-electron chi connectivity index (χ0n) is 11.3. The number of methoxy groups -OCH3 is 1. The Kier molecular flexibility index (Phi) is 4.01. The first-order chi connectivity index (χ1) is 8.61. The molecular weight excluding hydrogens is 230 g/mol. The summed E-state index contributed by atoms with van der Waals surface area (Å²) in [5.74, 6) is 1.48. The Morgan fingerprint density at radius 1 is 1.67 bits per heavy atom. The molecular formula is C13H21N3O2. The van der Waals surface area contributed by atoms with Gasteiger partial charge in [0, 0.05) is 13.2 Å². The number of anilines is 1. The van der Waals surface area contributed by atoms with Gasteiger partial charge < -0.3 is 10.1 Å². The number of hydrogen-bond donors (Lipinski definition) is 1. The van der Waals surface area contributed by atoms with Crippen LogP contribution in [0.5, 0.6) is 0 Å². The quantitative estimate of drug-likeness (QED) is 0.842. The van der Waals surface area contributed by atoms with Crippen molar-refractivity contribution in [3.05, 3.63) is 11.8 Å². The number of aryl methyl sites for hydroxylation is 1. The molecule has 1 unspecified atom stereocenters. The highest BCUT2D eigenvalue weighted by atomic mass is 16.5. The maximum Gasteiger partial charge on any atom is 0.227 e. The highest BCUT2D eigenvalue weighted by Crippen LogP contribution is 2.40. The summed E-state index contributed by atoms with van der Waals surface area (Å²) in [4.78, 5) is 11.7. The molecule has 1 atom stereocenters. The normalized spacial score (nSPS) is 16.6. The van der Waals surface area contributed by atoms with Crippen LogP contribution in [0.3, 0.4) is 0 Å². The average molecular weight is 251 g/mol. The molecule has 0 aliphatic heterocycles. The number of hydrogen-bond acceptors (Lipinski definition) is 3. The number of rotatable bonds is 6. The number of ether oxygens (including phenoxy) is 1. The van der Waals surface area contributed by atoms with E-state index in [1.807, 2.05) is 17.7 Å². The molecule has 0 saturated heterocycles. The van der Waals surface area contributed by atoms with Crippen molar-refractivity contribution in [2.45, 2.75) is 39.2 Å². The first kappa shape index (κ1) is 13.1. The molecule has 18 heavy (non-hydrogen) atoms. The molecule has 100 valence electrons. The van der Waals surface area contributed by atoms with Gasteiger partial charge in [0.15, 0.2) is 0 Å². The second-order valence-corrected chi connectivity index (χ2v) is 4.98. The van der Waals surface area contributed by atoms with Crippen LogP contribution in [0.15, 0.2) is 6.07 Å². The standard InChI is InChI=1S/C13H21N3O2/c1-9-8-12(14-13(17)6-7-18-3)16(15-9)10(2)11-4-5-11/h8,10-11H,4-7H2,1-3H3,(H,14,17). The van der Waals surface area contributed by atoms with Crippen molar-refractivity contribution in [3.63, 3.8) is 0 Å². The summed E-state index contributed by atoms with van der Waals surface area (Å²) in [5, 5.41) is 7.39. The highest BCUT2D eigenvalue weighted by molar-refractivity contribution is 5.90. The lowest BCUT2D eigenvalue weighted by molar-refractivity contribution is -0.117. The van der Waals surface area contributed by atoms with Gasteiger partial charge in [0.25, 0.3) is 0 Å². The SMILES string of the molecule is COCCC(=O)Nc1cc(C)nn1C(C)C1CC1. The van der Waals surface area contributed by atoms with Gasteiger partial charge >= 0.3 is 0 Å². The van der Waals surface area contributed by atoms with E-state index in [-0.39, 0.29) is 5.91 Å². The van der Waals surface area contributed by atoms with Crippen LogP contribution in [-0.4, -0.2) is 29.4 Å². The number of carbonyl (C=O) groups excluding carboxylic acids is 1. The van der Waals surface area contributed by atoms with Gasteiger partial charge in [-0.3, -0.25) is 4.79 Å². The fraction of sp³-hybridized carbons (Fsp3) is 0.692. The number of nitrogens with zero attached hydrogens (tertiary/aromatic N) is 2. The van der Waals surface area contributed by atoms with E-state index in [9.17, 15) is 4.79 Å². The van der Waals surface area contributed by atoms with Crippen LogP contribution in [0.1, 0.15) is 37.9 Å². The number of carbonyl (C=O) groups is 1. The topological polar surface area (TPSA) is 56.1 Å². The van der Waals surface area contributed by atoms with Gasteiger partial charge in [0.05, 0.1) is 24.8 Å². The molecule has 1 aromatic heterocycles. The van der Waals surface area contributed by atoms with Crippen molar-refractivity contribution in [1.29, 1.82) is 0 Å². The lowest BCUT2D eigenvalue weighted by Gasteiger charge is -2.15. The lowest BCUT2D eigenvalue weighted by atomic mass is 10.2. The zero-order chi connectivity index (χ0) is 13.1. The largest absolute Gasteiger partial charge is 0.384 e. The van der Waals surface area contributed by atoms with E-state index in [1.165, 1.54) is 12.8 Å². The molecule has 1 amide bonds. The molecule has 5 heteroatoms. The van der Waals surface area contributed by atoms with Crippen molar-refractivity contribution in [2.24, 2.45) is 5.92 Å². The van der Waals surface area contributed by atoms with Gasteiger partial charge in [0.1, 0.15) is 5.82 Å². The van der Waals surface area contributed by atoms with Crippen LogP contribution in [0, 0.1) is 12.8 Å². The Morgan fingerprint density at radius 2 is 2.39 bits per heavy atom. The molecule has 2 rings (SSSR count). The van der Waals surface area contributed by atoms with E-state index < -0.39 is 0 Å². The maximum absolute atomic E-state index is 11.7. The van der Waals surface area contributed by atoms with Crippen molar-refractivity contribution >= 4 is 11.7 Å². The Balaban J connectivity index is 2.04. The van der Waals surface area contributed by atoms with Gasteiger partial charge in [-0.2, -0.15) is 5.10 Å². The van der Waals surface area contributed by atoms with Crippen molar-refractivity contribution in [2.75, 3.05) is 19.0 Å². The minimum Gasteiger partial charge on any atom is -0.384 e. The van der Waals surface area contributed by atoms with E-state index in [0.717, 1.165) is 11.5 Å². The van der Waals surface area contributed by atoms with Crippen molar-refractivity contribution < 1.29 is 9.53 Å².